The summed E-state index contributed by atoms with van der Waals surface area (Å²) in [5, 5.41) is 6.54. The lowest BCUT2D eigenvalue weighted by Crippen LogP contribution is -2.31. The van der Waals surface area contributed by atoms with Crippen molar-refractivity contribution < 1.29 is 13.2 Å². The van der Waals surface area contributed by atoms with Crippen molar-refractivity contribution >= 4 is 21.6 Å². The van der Waals surface area contributed by atoms with Gasteiger partial charge < -0.3 is 5.32 Å². The van der Waals surface area contributed by atoms with E-state index in [1.54, 1.807) is 0 Å². The monoisotopic (exact) mass is 339 g/mol. The summed E-state index contributed by atoms with van der Waals surface area (Å²) in [6.45, 7) is -0.694. The van der Waals surface area contributed by atoms with Gasteiger partial charge >= 0.3 is 6.18 Å². The fraction of sp³-hybridized carbons (Fsp3) is 0.636. The van der Waals surface area contributed by atoms with Crippen molar-refractivity contribution in [2.75, 3.05) is 11.9 Å². The van der Waals surface area contributed by atoms with Crippen LogP contribution in [0.15, 0.2) is 15.5 Å². The van der Waals surface area contributed by atoms with Gasteiger partial charge in [0, 0.05) is 6.54 Å². The highest BCUT2D eigenvalue weighted by molar-refractivity contribution is 9.10. The largest absolute Gasteiger partial charge is 0.408 e. The number of hydrogen-bond donors (Lipinski definition) is 1. The molecule has 0 aromatic carbocycles. The molecule has 8 heteroatoms. The molecule has 1 aliphatic rings. The van der Waals surface area contributed by atoms with Crippen LogP contribution in [0.25, 0.3) is 0 Å². The van der Waals surface area contributed by atoms with Crippen molar-refractivity contribution in [1.82, 2.24) is 9.78 Å². The molecular weight excluding hydrogens is 327 g/mol. The summed E-state index contributed by atoms with van der Waals surface area (Å²) in [5.74, 6) is 0.741. The molecule has 1 heterocycles. The standard InChI is InChI=1S/C11H13BrF3N3O/c12-9-8(16-4-3-7-1-2-7)5-17-18(10(9)19)6-11(13,14)15/h5,7,16H,1-4,6H2. The van der Waals surface area contributed by atoms with Gasteiger partial charge in [0.15, 0.2) is 0 Å². The Balaban J connectivity index is 2.05. The summed E-state index contributed by atoms with van der Waals surface area (Å²) < 4.78 is 37.1. The molecule has 1 aromatic heterocycles. The summed E-state index contributed by atoms with van der Waals surface area (Å²) in [4.78, 5) is 11.7. The van der Waals surface area contributed by atoms with E-state index in [0.29, 0.717) is 16.9 Å². The van der Waals surface area contributed by atoms with E-state index in [4.69, 9.17) is 0 Å². The van der Waals surface area contributed by atoms with Gasteiger partial charge in [-0.2, -0.15) is 18.3 Å². The number of rotatable bonds is 5. The maximum atomic E-state index is 12.2. The summed E-state index contributed by atoms with van der Waals surface area (Å²) in [6, 6.07) is 0. The predicted octanol–water partition coefficient (Wildman–Crippen LogP) is 2.78. The molecule has 0 atom stereocenters. The molecular formula is C11H13BrF3N3O. The Bertz CT molecular complexity index is 511. The van der Waals surface area contributed by atoms with Crippen molar-refractivity contribution in [3.8, 4) is 0 Å². The van der Waals surface area contributed by atoms with E-state index in [2.05, 4.69) is 26.3 Å². The first-order chi connectivity index (χ1) is 8.87. The lowest BCUT2D eigenvalue weighted by molar-refractivity contribution is -0.143. The van der Waals surface area contributed by atoms with E-state index in [9.17, 15) is 18.0 Å². The first-order valence-corrected chi connectivity index (χ1v) is 6.72. The summed E-state index contributed by atoms with van der Waals surface area (Å²) >= 11 is 3.02. The fourth-order valence-corrected chi connectivity index (χ4v) is 2.14. The van der Waals surface area contributed by atoms with Gasteiger partial charge in [0.05, 0.1) is 11.9 Å². The third-order valence-corrected chi connectivity index (χ3v) is 3.65. The third-order valence-electron chi connectivity index (χ3n) is 2.88. The molecule has 1 aromatic rings. The van der Waals surface area contributed by atoms with Crippen molar-refractivity contribution in [3.63, 3.8) is 0 Å². The molecule has 1 aliphatic carbocycles. The van der Waals surface area contributed by atoms with E-state index >= 15 is 0 Å². The molecule has 0 radical (unpaired) electrons. The molecule has 0 amide bonds. The van der Waals surface area contributed by atoms with E-state index in [1.807, 2.05) is 0 Å². The van der Waals surface area contributed by atoms with Crippen LogP contribution < -0.4 is 10.9 Å². The zero-order valence-electron chi connectivity index (χ0n) is 10.0. The SMILES string of the molecule is O=c1c(Br)c(NCCC2CC2)cnn1CC(F)(F)F. The molecule has 1 fully saturated rings. The zero-order valence-corrected chi connectivity index (χ0v) is 11.6. The maximum Gasteiger partial charge on any atom is 0.408 e. The minimum atomic E-state index is -4.46. The third kappa shape index (κ3) is 4.22. The van der Waals surface area contributed by atoms with Crippen LogP contribution in [0.2, 0.25) is 0 Å². The Labute approximate surface area is 116 Å². The van der Waals surface area contributed by atoms with Crippen LogP contribution in [-0.2, 0) is 6.54 Å². The number of aromatic nitrogens is 2. The lowest BCUT2D eigenvalue weighted by atomic mass is 10.3. The molecule has 4 nitrogen and oxygen atoms in total. The van der Waals surface area contributed by atoms with Crippen molar-refractivity contribution in [1.29, 1.82) is 0 Å². The highest BCUT2D eigenvalue weighted by Crippen LogP contribution is 2.32. The van der Waals surface area contributed by atoms with Gasteiger partial charge in [-0.3, -0.25) is 4.79 Å². The molecule has 0 saturated heterocycles. The minimum absolute atomic E-state index is 0.0857. The first kappa shape index (κ1) is 14.4. The first-order valence-electron chi connectivity index (χ1n) is 5.93. The van der Waals surface area contributed by atoms with Gasteiger partial charge in [0.1, 0.15) is 11.0 Å². The van der Waals surface area contributed by atoms with Crippen LogP contribution in [0.3, 0.4) is 0 Å². The maximum absolute atomic E-state index is 12.2. The van der Waals surface area contributed by atoms with Gasteiger partial charge in [0.25, 0.3) is 5.56 Å². The van der Waals surface area contributed by atoms with Gasteiger partial charge in [0.2, 0.25) is 0 Å². The average molecular weight is 340 g/mol. The quantitative estimate of drug-likeness (QED) is 0.897. The molecule has 1 N–H and O–H groups in total. The lowest BCUT2D eigenvalue weighted by Gasteiger charge is -2.11. The van der Waals surface area contributed by atoms with Crippen LogP contribution in [0, 0.1) is 5.92 Å². The van der Waals surface area contributed by atoms with E-state index in [0.717, 1.165) is 12.3 Å². The van der Waals surface area contributed by atoms with Gasteiger partial charge in [-0.1, -0.05) is 12.8 Å². The van der Waals surface area contributed by atoms with Crippen LogP contribution in [0.1, 0.15) is 19.3 Å². The van der Waals surface area contributed by atoms with E-state index in [-0.39, 0.29) is 4.47 Å². The van der Waals surface area contributed by atoms with Crippen molar-refractivity contribution in [3.05, 3.63) is 21.0 Å². The number of anilines is 1. The molecule has 19 heavy (non-hydrogen) atoms. The number of nitrogens with one attached hydrogen (secondary N) is 1. The van der Waals surface area contributed by atoms with Gasteiger partial charge in [-0.05, 0) is 28.3 Å². The predicted molar refractivity (Wildman–Crippen MR) is 68.1 cm³/mol. The van der Waals surface area contributed by atoms with Gasteiger partial charge in [-0.25, -0.2) is 4.68 Å². The molecule has 0 spiro atoms. The number of hydrogen-bond acceptors (Lipinski definition) is 3. The van der Waals surface area contributed by atoms with Crippen LogP contribution >= 0.6 is 15.9 Å². The second kappa shape index (κ2) is 5.52. The number of nitrogens with zero attached hydrogens (tertiary/aromatic N) is 2. The van der Waals surface area contributed by atoms with E-state index < -0.39 is 18.3 Å². The molecule has 0 aliphatic heterocycles. The van der Waals surface area contributed by atoms with Crippen molar-refractivity contribution in [2.45, 2.75) is 32.0 Å². The van der Waals surface area contributed by atoms with Crippen molar-refractivity contribution in [2.24, 2.45) is 5.92 Å². The second-order valence-corrected chi connectivity index (χ2v) is 5.40. The highest BCUT2D eigenvalue weighted by Gasteiger charge is 2.29. The van der Waals surface area contributed by atoms with Gasteiger partial charge in [-0.15, -0.1) is 0 Å². The van der Waals surface area contributed by atoms with E-state index in [1.165, 1.54) is 19.0 Å². The molecule has 2 rings (SSSR count). The minimum Gasteiger partial charge on any atom is -0.383 e. The summed E-state index contributed by atoms with van der Waals surface area (Å²) in [6.07, 6.45) is 0.238. The Morgan fingerprint density at radius 1 is 1.47 bits per heavy atom. The smallest absolute Gasteiger partial charge is 0.383 e. The molecule has 1 saturated carbocycles. The highest BCUT2D eigenvalue weighted by atomic mass is 79.9. The number of halogens is 4. The Hall–Kier alpha value is -1.05. The second-order valence-electron chi connectivity index (χ2n) is 4.61. The molecule has 0 unspecified atom stereocenters. The molecule has 106 valence electrons. The fourth-order valence-electron chi connectivity index (χ4n) is 1.69. The summed E-state index contributed by atoms with van der Waals surface area (Å²) in [5.41, 5.74) is -0.349. The van der Waals surface area contributed by atoms with Crippen LogP contribution in [0.4, 0.5) is 18.9 Å². The average Bonchev–Trinajstić information content (AvgIpc) is 3.10. The Morgan fingerprint density at radius 2 is 2.16 bits per heavy atom. The topological polar surface area (TPSA) is 46.9 Å². The normalized spacial score (nSPS) is 15.6. The zero-order chi connectivity index (χ0) is 14.0. The van der Waals surface area contributed by atoms with Crippen LogP contribution in [-0.4, -0.2) is 22.5 Å². The summed E-state index contributed by atoms with van der Waals surface area (Å²) in [7, 11) is 0. The van der Waals surface area contributed by atoms with Crippen LogP contribution in [0.5, 0.6) is 0 Å². The Morgan fingerprint density at radius 3 is 2.74 bits per heavy atom. The number of alkyl halides is 3. The molecule has 0 bridgehead atoms. The Kier molecular flexibility index (Phi) is 4.17.